The van der Waals surface area contributed by atoms with Crippen molar-refractivity contribution in [3.05, 3.63) is 11.9 Å². The van der Waals surface area contributed by atoms with E-state index >= 15 is 0 Å². The second-order valence-electron chi connectivity index (χ2n) is 8.49. The quantitative estimate of drug-likeness (QED) is 0.530. The molecule has 0 aliphatic carbocycles. The van der Waals surface area contributed by atoms with E-state index in [4.69, 9.17) is 28.4 Å². The van der Waals surface area contributed by atoms with Gasteiger partial charge in [-0.3, -0.25) is 0 Å². The first kappa shape index (κ1) is 20.7. The molecule has 3 rings (SSSR count). The van der Waals surface area contributed by atoms with Gasteiger partial charge in [-0.1, -0.05) is 13.8 Å². The van der Waals surface area contributed by atoms with Crippen LogP contribution >= 0.6 is 0 Å². The average molecular weight is 388 g/mol. The zero-order valence-corrected chi connectivity index (χ0v) is 16.7. The maximum absolute atomic E-state index is 14.2. The number of rotatable bonds is 5. The van der Waals surface area contributed by atoms with Crippen molar-refractivity contribution in [1.82, 2.24) is 0 Å². The molecule has 0 spiro atoms. The highest BCUT2D eigenvalue weighted by Gasteiger charge is 2.60. The Hall–Kier alpha value is -1.06. The van der Waals surface area contributed by atoms with E-state index in [9.17, 15) is 9.18 Å². The van der Waals surface area contributed by atoms with Crippen LogP contribution in [0.1, 0.15) is 48.0 Å². The number of carbonyl (C=O) groups is 1. The van der Waals surface area contributed by atoms with Gasteiger partial charge in [0, 0.05) is 0 Å². The summed E-state index contributed by atoms with van der Waals surface area (Å²) in [6, 6.07) is 0. The van der Waals surface area contributed by atoms with Crippen molar-refractivity contribution < 1.29 is 37.6 Å². The predicted molar refractivity (Wildman–Crippen MR) is 92.1 cm³/mol. The van der Waals surface area contributed by atoms with Gasteiger partial charge in [-0.2, -0.15) is 4.39 Å². The molecule has 0 bridgehead atoms. The van der Waals surface area contributed by atoms with E-state index in [0.717, 1.165) is 0 Å². The van der Waals surface area contributed by atoms with Crippen molar-refractivity contribution in [2.45, 2.75) is 90.2 Å². The van der Waals surface area contributed by atoms with Gasteiger partial charge in [0.15, 0.2) is 30.1 Å². The Kier molecular flexibility index (Phi) is 5.67. The van der Waals surface area contributed by atoms with Gasteiger partial charge in [0.2, 0.25) is 5.83 Å². The molecule has 0 aromatic carbocycles. The van der Waals surface area contributed by atoms with Gasteiger partial charge in [-0.25, -0.2) is 4.79 Å². The van der Waals surface area contributed by atoms with Crippen LogP contribution in [0.4, 0.5) is 4.39 Å². The van der Waals surface area contributed by atoms with Crippen LogP contribution in [0.3, 0.4) is 0 Å². The minimum absolute atomic E-state index is 0.231. The number of halogens is 1. The second-order valence-corrected chi connectivity index (χ2v) is 8.49. The highest BCUT2D eigenvalue weighted by atomic mass is 19.1. The fourth-order valence-corrected chi connectivity index (χ4v) is 3.42. The molecule has 0 unspecified atom stereocenters. The molecule has 0 radical (unpaired) electrons. The molecule has 0 aromatic heterocycles. The second kappa shape index (κ2) is 7.40. The van der Waals surface area contributed by atoms with E-state index in [1.54, 1.807) is 27.7 Å². The summed E-state index contributed by atoms with van der Waals surface area (Å²) in [5.74, 6) is -3.39. The molecular weight excluding hydrogens is 359 g/mol. The van der Waals surface area contributed by atoms with Crippen LogP contribution in [0.25, 0.3) is 0 Å². The molecule has 154 valence electrons. The molecule has 0 aromatic rings. The molecule has 3 aliphatic heterocycles. The largest absolute Gasteiger partial charge is 0.451 e. The van der Waals surface area contributed by atoms with Crippen LogP contribution in [-0.2, 0) is 33.2 Å². The summed E-state index contributed by atoms with van der Waals surface area (Å²) in [6.45, 7) is 11.2. The van der Waals surface area contributed by atoms with Crippen molar-refractivity contribution in [2.75, 3.05) is 6.61 Å². The Morgan fingerprint density at radius 3 is 2.44 bits per heavy atom. The smallest absolute Gasteiger partial charge is 0.367 e. The van der Waals surface area contributed by atoms with Gasteiger partial charge in [0.1, 0.15) is 12.2 Å². The third-order valence-corrected chi connectivity index (χ3v) is 4.63. The van der Waals surface area contributed by atoms with Gasteiger partial charge < -0.3 is 28.4 Å². The minimum Gasteiger partial charge on any atom is -0.451 e. The molecular formula is C19H29FO7. The Morgan fingerprint density at radius 1 is 1.15 bits per heavy atom. The molecule has 7 nitrogen and oxygen atoms in total. The van der Waals surface area contributed by atoms with Crippen LogP contribution in [0.15, 0.2) is 11.9 Å². The van der Waals surface area contributed by atoms with E-state index in [2.05, 4.69) is 0 Å². The van der Waals surface area contributed by atoms with Crippen LogP contribution in [-0.4, -0.2) is 54.9 Å². The van der Waals surface area contributed by atoms with E-state index in [1.165, 1.54) is 6.08 Å². The van der Waals surface area contributed by atoms with Gasteiger partial charge in [-0.15, -0.1) is 0 Å². The molecule has 5 atom stereocenters. The number of hydrogen-bond donors (Lipinski definition) is 0. The molecule has 8 heteroatoms. The molecule has 3 saturated heterocycles. The summed E-state index contributed by atoms with van der Waals surface area (Å²) in [5, 5.41) is 0. The Bertz CT molecular complexity index is 601. The Labute approximate surface area is 159 Å². The fraction of sp³-hybridized carbons (Fsp3) is 0.842. The van der Waals surface area contributed by atoms with Crippen LogP contribution in [0.5, 0.6) is 0 Å². The van der Waals surface area contributed by atoms with E-state index in [-0.39, 0.29) is 12.5 Å². The first-order chi connectivity index (χ1) is 12.5. The first-order valence-corrected chi connectivity index (χ1v) is 9.37. The number of carbonyl (C=O) groups excluding carboxylic acids is 1. The third kappa shape index (κ3) is 4.68. The van der Waals surface area contributed by atoms with Crippen LogP contribution in [0, 0.1) is 5.92 Å². The summed E-state index contributed by atoms with van der Waals surface area (Å²) in [6.07, 6.45) is -1.75. The number of allylic oxidation sites excluding steroid dienone is 1. The Morgan fingerprint density at radius 2 is 1.85 bits per heavy atom. The van der Waals surface area contributed by atoms with Crippen molar-refractivity contribution in [1.29, 1.82) is 0 Å². The highest BCUT2D eigenvalue weighted by molar-refractivity contribution is 5.86. The summed E-state index contributed by atoms with van der Waals surface area (Å²) >= 11 is 0. The zero-order chi connectivity index (χ0) is 20.0. The first-order valence-electron chi connectivity index (χ1n) is 9.37. The number of esters is 1. The summed E-state index contributed by atoms with van der Waals surface area (Å²) < 4.78 is 48.5. The molecule has 3 heterocycles. The van der Waals surface area contributed by atoms with Crippen LogP contribution < -0.4 is 0 Å². The lowest BCUT2D eigenvalue weighted by molar-refractivity contribution is -0.235. The summed E-state index contributed by atoms with van der Waals surface area (Å²) in [7, 11) is 0. The monoisotopic (exact) mass is 388 g/mol. The normalized spacial score (nSPS) is 37.6. The van der Waals surface area contributed by atoms with Crippen LogP contribution in [0.2, 0.25) is 0 Å². The van der Waals surface area contributed by atoms with E-state index < -0.39 is 54.1 Å². The lowest BCUT2D eigenvalue weighted by Gasteiger charge is -2.28. The van der Waals surface area contributed by atoms with Crippen molar-refractivity contribution in [3.8, 4) is 0 Å². The zero-order valence-electron chi connectivity index (χ0n) is 16.7. The average Bonchev–Trinajstić information content (AvgIpc) is 3.15. The molecule has 27 heavy (non-hydrogen) atoms. The summed E-state index contributed by atoms with van der Waals surface area (Å²) in [5.41, 5.74) is 0. The Balaban J connectivity index is 1.75. The van der Waals surface area contributed by atoms with E-state index in [0.29, 0.717) is 6.42 Å². The molecule has 3 fully saturated rings. The van der Waals surface area contributed by atoms with Gasteiger partial charge in [0.05, 0.1) is 6.61 Å². The van der Waals surface area contributed by atoms with Crippen molar-refractivity contribution in [2.24, 2.45) is 5.92 Å². The lowest BCUT2D eigenvalue weighted by atomic mass is 10.1. The minimum atomic E-state index is -1.04. The molecule has 0 saturated carbocycles. The topological polar surface area (TPSA) is 72.5 Å². The number of hydrogen-bond acceptors (Lipinski definition) is 7. The molecule has 0 N–H and O–H groups in total. The molecule has 0 amide bonds. The number of ether oxygens (including phenoxy) is 6. The van der Waals surface area contributed by atoms with Gasteiger partial charge in [0.25, 0.3) is 0 Å². The predicted octanol–water partition coefficient (Wildman–Crippen LogP) is 2.83. The highest BCUT2D eigenvalue weighted by Crippen LogP contribution is 2.42. The fourth-order valence-electron chi connectivity index (χ4n) is 3.42. The van der Waals surface area contributed by atoms with Crippen molar-refractivity contribution >= 4 is 5.97 Å². The van der Waals surface area contributed by atoms with Gasteiger partial charge >= 0.3 is 5.97 Å². The summed E-state index contributed by atoms with van der Waals surface area (Å²) in [4.78, 5) is 12.3. The molecule has 3 aliphatic rings. The van der Waals surface area contributed by atoms with Gasteiger partial charge in [-0.05, 0) is 46.1 Å². The lowest BCUT2D eigenvalue weighted by Crippen LogP contribution is -2.45. The number of fused-ring (bicyclic) bond motifs is 1. The maximum atomic E-state index is 14.2. The SMILES string of the molecule is CC(C)C/C=C(/F)C(=O)O[C@@H]1[C@H]2OC(C)(C)O[C@H]2O[C@@H]1[C@H]1COC(C)(C)O1. The third-order valence-electron chi connectivity index (χ3n) is 4.63. The van der Waals surface area contributed by atoms with Crippen molar-refractivity contribution in [3.63, 3.8) is 0 Å². The standard InChI is InChI=1S/C19H29FO7/c1-10(2)7-8-11(20)16(21)23-14-13(12-9-22-18(3,4)25-12)24-17-15(14)26-19(5,6)27-17/h8,10,12-15,17H,7,9H2,1-6H3/b11-8+/t12-,13-,14+,15-,17-/m1/s1. The maximum Gasteiger partial charge on any atom is 0.367 e. The van der Waals surface area contributed by atoms with E-state index in [1.807, 2.05) is 13.8 Å².